The minimum atomic E-state index is -0.339. The number of aromatic amines is 3. The zero-order valence-electron chi connectivity index (χ0n) is 42.1. The van der Waals surface area contributed by atoms with Crippen LogP contribution in [-0.4, -0.2) is 78.5 Å². The maximum Gasteiger partial charge on any atom is 0.194 e. The molecule has 0 amide bonds. The number of Topliss-reactive ketones (excluding diaryl/α,β-unsaturated/α-hetero) is 4. The van der Waals surface area contributed by atoms with Gasteiger partial charge in [0.1, 0.15) is 40.8 Å². The number of aromatic nitrogens is 7. The molecule has 19 nitrogen and oxygen atoms in total. The molecule has 8 aliphatic rings. The number of hydrogen-bond acceptors (Lipinski definition) is 13. The van der Waals surface area contributed by atoms with E-state index in [-0.39, 0.29) is 47.3 Å². The number of nitrogens with one attached hydrogen (secondary N) is 11. The molecule has 398 valence electrons. The van der Waals surface area contributed by atoms with E-state index in [0.29, 0.717) is 65.3 Å². The van der Waals surface area contributed by atoms with Gasteiger partial charge in [0.05, 0.1) is 75.2 Å². The summed E-state index contributed by atoms with van der Waals surface area (Å²) in [5.74, 6) is 1.60. The Kier molecular flexibility index (Phi) is 13.0. The zero-order valence-corrected chi connectivity index (χ0v) is 46.1. The molecule has 0 saturated carbocycles. The summed E-state index contributed by atoms with van der Waals surface area (Å²) in [6.07, 6.45) is 10.2. The smallest absolute Gasteiger partial charge is 0.194 e. The van der Waals surface area contributed by atoms with E-state index in [1.807, 2.05) is 109 Å². The number of carbonyl (C=O) groups is 4. The number of H-pyrrole nitrogens is 3. The normalized spacial score (nSPS) is 20.2. The van der Waals surface area contributed by atoms with Crippen LogP contribution in [0.2, 0.25) is 0 Å². The van der Waals surface area contributed by atoms with Gasteiger partial charge in [-0.15, -0.1) is 11.3 Å². The number of rotatable bonds is 4. The molecule has 8 aromatic rings. The molecule has 4 aliphatic heterocycles. The van der Waals surface area contributed by atoms with Crippen molar-refractivity contribution in [1.29, 1.82) is 0 Å². The van der Waals surface area contributed by atoms with Gasteiger partial charge in [-0.1, -0.05) is 97.1 Å². The van der Waals surface area contributed by atoms with Gasteiger partial charge < -0.3 is 57.5 Å². The number of imidazole rings is 3. The molecule has 24 heteroatoms. The van der Waals surface area contributed by atoms with Crippen molar-refractivity contribution in [2.75, 3.05) is 0 Å². The lowest BCUT2D eigenvalue weighted by molar-refractivity contribution is 0.102. The second-order valence-electron chi connectivity index (χ2n) is 19.1. The Hall–Kier alpha value is -9.46. The van der Waals surface area contributed by atoms with Crippen molar-refractivity contribution in [3.63, 3.8) is 0 Å². The molecule has 0 saturated heterocycles. The molecule has 4 atom stereocenters. The lowest BCUT2D eigenvalue weighted by Gasteiger charge is -2.27. The fraction of sp³-hybridized carbons (Fsp3) is 0.0877. The largest absolute Gasteiger partial charge is 0.350 e. The van der Waals surface area contributed by atoms with Crippen LogP contribution in [0.15, 0.2) is 162 Å². The van der Waals surface area contributed by atoms with Crippen LogP contribution in [0, 0.1) is 6.92 Å². The Bertz CT molecular complexity index is 3860. The minimum absolute atomic E-state index is 0.0134. The molecule has 81 heavy (non-hydrogen) atoms. The summed E-state index contributed by atoms with van der Waals surface area (Å²) in [4.78, 5) is 76.6. The second-order valence-corrected chi connectivity index (χ2v) is 21.6. The highest BCUT2D eigenvalue weighted by Gasteiger charge is 2.43. The molecule has 4 aromatic heterocycles. The number of benzene rings is 4. The summed E-state index contributed by atoms with van der Waals surface area (Å²) >= 11 is 22.5. The van der Waals surface area contributed by atoms with Gasteiger partial charge in [0.15, 0.2) is 43.6 Å². The van der Waals surface area contributed by atoms with Crippen LogP contribution in [0.4, 0.5) is 0 Å². The molecule has 0 bridgehead atoms. The van der Waals surface area contributed by atoms with Crippen LogP contribution in [0.5, 0.6) is 0 Å². The highest BCUT2D eigenvalue weighted by atomic mass is 32.1. The molecule has 16 rings (SSSR count). The third kappa shape index (κ3) is 8.94. The Morgan fingerprint density at radius 2 is 0.852 bits per heavy atom. The number of carbonyl (C=O) groups excluding carboxylic acids is 4. The first-order valence-electron chi connectivity index (χ1n) is 25.1. The predicted octanol–water partition coefficient (Wildman–Crippen LogP) is 7.19. The Balaban J connectivity index is 0.000000102. The predicted molar refractivity (Wildman–Crippen MR) is 320 cm³/mol. The monoisotopic (exact) mass is 1160 g/mol. The summed E-state index contributed by atoms with van der Waals surface area (Å²) < 4.78 is 0. The minimum Gasteiger partial charge on any atom is -0.350 e. The van der Waals surface area contributed by atoms with Gasteiger partial charge in [-0.25, -0.2) is 19.9 Å². The van der Waals surface area contributed by atoms with Gasteiger partial charge in [-0.2, -0.15) is 0 Å². The van der Waals surface area contributed by atoms with E-state index in [0.717, 1.165) is 72.8 Å². The number of nitrogens with zero attached hydrogens (tertiary/aromatic N) is 4. The van der Waals surface area contributed by atoms with Crippen molar-refractivity contribution >= 4 is 127 Å². The lowest BCUT2D eigenvalue weighted by Crippen LogP contribution is -2.43. The Labute approximate surface area is 485 Å². The van der Waals surface area contributed by atoms with E-state index >= 15 is 0 Å². The molecular weight excluding hydrogens is 1120 g/mol. The van der Waals surface area contributed by atoms with Crippen molar-refractivity contribution in [1.82, 2.24) is 77.4 Å². The first-order chi connectivity index (χ1) is 39.4. The number of thiocarbonyl (C=S) groups is 4. The number of thiazole rings is 1. The third-order valence-corrected chi connectivity index (χ3v) is 16.1. The summed E-state index contributed by atoms with van der Waals surface area (Å²) in [6.45, 7) is 1.88. The fourth-order valence-electron chi connectivity index (χ4n) is 10.9. The highest BCUT2D eigenvalue weighted by Crippen LogP contribution is 2.43. The van der Waals surface area contributed by atoms with Crippen molar-refractivity contribution in [3.05, 3.63) is 235 Å². The van der Waals surface area contributed by atoms with Crippen LogP contribution in [0.1, 0.15) is 116 Å². The van der Waals surface area contributed by atoms with Crippen molar-refractivity contribution in [3.8, 4) is 0 Å². The lowest BCUT2D eigenvalue weighted by atomic mass is 9.99. The van der Waals surface area contributed by atoms with Crippen molar-refractivity contribution < 1.29 is 19.2 Å². The summed E-state index contributed by atoms with van der Waals surface area (Å²) in [5, 5.41) is 29.7. The summed E-state index contributed by atoms with van der Waals surface area (Å²) in [5.41, 5.74) is 14.1. The quantitative estimate of drug-likeness (QED) is 0.0779. The van der Waals surface area contributed by atoms with E-state index in [4.69, 9.17) is 48.9 Å². The average Bonchev–Trinajstić information content (AvgIpc) is 4.33. The number of aryl methyl sites for hydroxylation is 1. The fourth-order valence-corrected chi connectivity index (χ4v) is 12.5. The molecule has 11 N–H and O–H groups in total. The molecule has 4 aromatic carbocycles. The Morgan fingerprint density at radius 3 is 1.23 bits per heavy atom. The van der Waals surface area contributed by atoms with Crippen molar-refractivity contribution in [2.45, 2.75) is 31.1 Å². The average molecular weight is 1160 g/mol. The molecule has 4 aliphatic carbocycles. The molecule has 0 radical (unpaired) electrons. The van der Waals surface area contributed by atoms with Gasteiger partial charge in [-0.3, -0.25) is 19.2 Å². The maximum absolute atomic E-state index is 12.7. The number of hydrogen-bond donors (Lipinski definition) is 11. The van der Waals surface area contributed by atoms with Gasteiger partial charge in [-0.05, 0) is 55.8 Å². The second kappa shape index (κ2) is 20.6. The first-order valence-corrected chi connectivity index (χ1v) is 27.6. The van der Waals surface area contributed by atoms with E-state index in [2.05, 4.69) is 77.4 Å². The molecule has 4 unspecified atom stereocenters. The van der Waals surface area contributed by atoms with Gasteiger partial charge in [0, 0.05) is 68.5 Å². The molecule has 0 spiro atoms. The standard InChI is InChI=1S/C15H12N4OS.2C14H10N4OS.C14H9N3OS2/c1-7-16-6-10(17-7)13-11-12(18-15(21)19-13)8-4-2-3-5-9(8)14(11)20;19-13-8-4-2-1-3-7(8)11-10(13)12(18-14(20)17-11)9-5-15-6-16-9;19-12-8-4-2-1-3-7(8)10-9(12)11(18-14(20)17-10)13-15-5-6-16-13;18-12-8-4-2-1-3-7(8)10-9(12)11(17-14(19)16-10)13-15-5-6-20-13/h2-6,13H,1H3,(H,16,17)(H2,18,19,21);1-6,12H,(H,15,16)(H2,17,18,20);1-6,11H,(H,15,16)(H2,17,18,20);1-6,11H,(H2,16,17,19). The SMILES string of the molecule is Cc1ncc(C2NC(=S)NC3=C2C(=O)c2ccccc23)[nH]1.O=C1C2=C(NC(=S)NC2c2cnc[nH]2)c2ccccc21.O=C1C2=C(NC(=S)NC2c2ncc[nH]2)c2ccccc21.O=C1C2=C(NC(=S)NC2c2nccs2)c2ccccc21. The summed E-state index contributed by atoms with van der Waals surface area (Å²) in [6, 6.07) is 29.1. The van der Waals surface area contributed by atoms with Crippen LogP contribution in [-0.2, 0) is 0 Å². The molecular formula is C57H41N15O4S5. The van der Waals surface area contributed by atoms with Crippen molar-refractivity contribution in [2.24, 2.45) is 0 Å². The number of fused-ring (bicyclic) bond motifs is 8. The van der Waals surface area contributed by atoms with E-state index in [1.54, 1.807) is 37.3 Å². The zero-order chi connectivity index (χ0) is 55.6. The van der Waals surface area contributed by atoms with Gasteiger partial charge >= 0.3 is 0 Å². The van der Waals surface area contributed by atoms with Gasteiger partial charge in [0.25, 0.3) is 0 Å². The van der Waals surface area contributed by atoms with Crippen LogP contribution in [0.3, 0.4) is 0 Å². The topological polar surface area (TPSA) is 263 Å². The van der Waals surface area contributed by atoms with Crippen LogP contribution in [0.25, 0.3) is 22.8 Å². The molecule has 8 heterocycles. The van der Waals surface area contributed by atoms with Crippen LogP contribution >= 0.6 is 60.2 Å². The highest BCUT2D eigenvalue weighted by molar-refractivity contribution is 7.80. The van der Waals surface area contributed by atoms with E-state index in [1.165, 1.54) is 11.3 Å². The summed E-state index contributed by atoms with van der Waals surface area (Å²) in [7, 11) is 0. The Morgan fingerprint density at radius 1 is 0.444 bits per heavy atom. The third-order valence-electron chi connectivity index (χ3n) is 14.4. The van der Waals surface area contributed by atoms with Crippen LogP contribution < -0.4 is 42.5 Å². The maximum atomic E-state index is 12.7. The van der Waals surface area contributed by atoms with E-state index in [9.17, 15) is 19.2 Å². The van der Waals surface area contributed by atoms with E-state index < -0.39 is 0 Å². The first kappa shape index (κ1) is 51.0. The number of ketones is 4. The molecule has 0 fully saturated rings. The van der Waals surface area contributed by atoms with Gasteiger partial charge in [0.2, 0.25) is 0 Å².